The molecule has 0 fully saturated rings. The van der Waals surface area contributed by atoms with E-state index in [1.165, 1.54) is 109 Å². The van der Waals surface area contributed by atoms with Crippen molar-refractivity contribution in [2.75, 3.05) is 36.2 Å². The molecule has 0 unspecified atom stereocenters. The average molecular weight is 555 g/mol. The normalized spacial score (nSPS) is 11.4. The number of unbranched alkanes of at least 4 members (excludes halogenated alkanes) is 10. The van der Waals surface area contributed by atoms with Crippen LogP contribution in [-0.2, 0) is 0 Å². The van der Waals surface area contributed by atoms with E-state index in [9.17, 15) is 0 Å². The second-order valence-electron chi connectivity index (χ2n) is 10.1. The van der Waals surface area contributed by atoms with Gasteiger partial charge in [0, 0.05) is 21.5 Å². The van der Waals surface area contributed by atoms with Gasteiger partial charge in [-0.1, -0.05) is 114 Å². The molecule has 0 bridgehead atoms. The summed E-state index contributed by atoms with van der Waals surface area (Å²) in [6.45, 7) is 6.04. The lowest BCUT2D eigenvalue weighted by Crippen LogP contribution is -2.02. The van der Waals surface area contributed by atoms with E-state index in [-0.39, 0.29) is 0 Å². The second-order valence-corrected chi connectivity index (χ2v) is 12.9. The molecule has 0 spiro atoms. The first-order chi connectivity index (χ1) is 18.9. The molecule has 0 saturated heterocycles. The Kier molecular flexibility index (Phi) is 15.9. The van der Waals surface area contributed by atoms with Crippen LogP contribution in [0.2, 0.25) is 0 Å². The van der Waals surface area contributed by atoms with Crippen LogP contribution in [0.5, 0.6) is 11.5 Å². The van der Waals surface area contributed by atoms with Gasteiger partial charge in [0.15, 0.2) is 0 Å². The zero-order valence-electron chi connectivity index (χ0n) is 24.0. The van der Waals surface area contributed by atoms with E-state index in [2.05, 4.69) is 85.9 Å². The van der Waals surface area contributed by atoms with Gasteiger partial charge in [-0.2, -0.15) is 23.5 Å². The minimum atomic E-state index is 0.775. The summed E-state index contributed by atoms with van der Waals surface area (Å²) in [6.07, 6.45) is 15.5. The molecule has 0 atom stereocenters. The third-order valence-corrected chi connectivity index (χ3v) is 9.07. The monoisotopic (exact) mass is 554 g/mol. The van der Waals surface area contributed by atoms with Crippen molar-refractivity contribution < 1.29 is 9.47 Å². The van der Waals surface area contributed by atoms with Crippen molar-refractivity contribution in [3.8, 4) is 11.5 Å². The number of benzene rings is 3. The Morgan fingerprint density at radius 3 is 1.11 bits per heavy atom. The summed E-state index contributed by atoms with van der Waals surface area (Å²) in [6, 6.07) is 17.2. The van der Waals surface area contributed by atoms with Crippen molar-refractivity contribution in [1.29, 1.82) is 0 Å². The molecule has 4 heteroatoms. The number of hydrogen-bond acceptors (Lipinski definition) is 4. The van der Waals surface area contributed by atoms with Crippen molar-refractivity contribution in [3.05, 3.63) is 48.5 Å². The summed E-state index contributed by atoms with van der Waals surface area (Å²) in [7, 11) is 0. The third kappa shape index (κ3) is 10.6. The van der Waals surface area contributed by atoms with E-state index in [0.29, 0.717) is 0 Å². The summed E-state index contributed by atoms with van der Waals surface area (Å²) in [5.74, 6) is 7.15. The SMILES string of the molecule is CCSCCCCCCCCOc1c2ccccc2c(OCCCCCCCCSCC)c2ccccc12. The zero-order chi connectivity index (χ0) is 26.7. The third-order valence-electron chi connectivity index (χ3n) is 7.10. The Balaban J connectivity index is 1.52. The highest BCUT2D eigenvalue weighted by Crippen LogP contribution is 2.42. The molecule has 3 rings (SSSR count). The molecule has 0 aromatic heterocycles. The Morgan fingerprint density at radius 2 is 0.763 bits per heavy atom. The fraction of sp³-hybridized carbons (Fsp3) is 0.588. The van der Waals surface area contributed by atoms with Gasteiger partial charge in [-0.15, -0.1) is 0 Å². The number of ether oxygens (including phenoxy) is 2. The number of fused-ring (bicyclic) bond motifs is 2. The van der Waals surface area contributed by atoms with Crippen molar-refractivity contribution in [3.63, 3.8) is 0 Å². The fourth-order valence-corrected chi connectivity index (χ4v) is 6.42. The van der Waals surface area contributed by atoms with Crippen LogP contribution in [0.3, 0.4) is 0 Å². The van der Waals surface area contributed by atoms with Gasteiger partial charge in [-0.05, 0) is 48.7 Å². The maximum Gasteiger partial charge on any atom is 0.135 e. The van der Waals surface area contributed by atoms with Gasteiger partial charge < -0.3 is 9.47 Å². The van der Waals surface area contributed by atoms with Crippen LogP contribution < -0.4 is 9.47 Å². The maximum atomic E-state index is 6.49. The van der Waals surface area contributed by atoms with E-state index in [1.54, 1.807) is 0 Å². The van der Waals surface area contributed by atoms with Gasteiger partial charge in [-0.3, -0.25) is 0 Å². The van der Waals surface area contributed by atoms with Gasteiger partial charge >= 0.3 is 0 Å². The van der Waals surface area contributed by atoms with Crippen molar-refractivity contribution in [2.45, 2.75) is 90.9 Å². The van der Waals surface area contributed by atoms with Crippen molar-refractivity contribution >= 4 is 45.1 Å². The fourth-order valence-electron chi connectivity index (χ4n) is 5.02. The van der Waals surface area contributed by atoms with Gasteiger partial charge in [0.1, 0.15) is 11.5 Å². The van der Waals surface area contributed by atoms with E-state index in [4.69, 9.17) is 9.47 Å². The standard InChI is InChI=1S/C34H50O2S2/c1-3-37-27-19-11-7-5-9-17-25-35-33-29-21-13-15-23-31(29)34(32-24-16-14-22-30(32)33)36-26-18-10-6-8-12-20-28-38-4-2/h13-16,21-24H,3-12,17-20,25-28H2,1-2H3. The summed E-state index contributed by atoms with van der Waals surface area (Å²) in [5, 5.41) is 4.67. The van der Waals surface area contributed by atoms with Crippen LogP contribution in [0.15, 0.2) is 48.5 Å². The van der Waals surface area contributed by atoms with E-state index >= 15 is 0 Å². The van der Waals surface area contributed by atoms with Gasteiger partial charge in [0.05, 0.1) is 13.2 Å². The van der Waals surface area contributed by atoms with E-state index in [0.717, 1.165) is 37.6 Å². The summed E-state index contributed by atoms with van der Waals surface area (Å²) >= 11 is 4.12. The summed E-state index contributed by atoms with van der Waals surface area (Å²) in [4.78, 5) is 0. The molecule has 3 aromatic carbocycles. The molecule has 0 aliphatic heterocycles. The molecular weight excluding hydrogens is 505 g/mol. The molecule has 3 aromatic rings. The Bertz CT molecular complexity index is 897. The predicted molar refractivity (Wildman–Crippen MR) is 174 cm³/mol. The molecule has 2 nitrogen and oxygen atoms in total. The summed E-state index contributed by atoms with van der Waals surface area (Å²) in [5.41, 5.74) is 0. The van der Waals surface area contributed by atoms with Crippen LogP contribution in [0.1, 0.15) is 90.9 Å². The number of hydrogen-bond donors (Lipinski definition) is 0. The average Bonchev–Trinajstić information content (AvgIpc) is 2.95. The molecule has 0 amide bonds. The summed E-state index contributed by atoms with van der Waals surface area (Å²) < 4.78 is 13.0. The first-order valence-corrected chi connectivity index (χ1v) is 17.5. The highest BCUT2D eigenvalue weighted by Gasteiger charge is 2.15. The molecule has 0 saturated carbocycles. The Morgan fingerprint density at radius 1 is 0.447 bits per heavy atom. The molecule has 0 aliphatic rings. The minimum Gasteiger partial charge on any atom is -0.492 e. The Labute approximate surface area is 241 Å². The predicted octanol–water partition coefficient (Wildman–Crippen LogP) is 10.9. The van der Waals surface area contributed by atoms with Crippen LogP contribution in [0, 0.1) is 0 Å². The quantitative estimate of drug-likeness (QED) is 0.0907. The lowest BCUT2D eigenvalue weighted by Gasteiger charge is -2.18. The molecule has 210 valence electrons. The molecule has 0 N–H and O–H groups in total. The second kappa shape index (κ2) is 19.5. The maximum absolute atomic E-state index is 6.49. The molecular formula is C34H50O2S2. The number of thioether (sulfide) groups is 2. The van der Waals surface area contributed by atoms with E-state index in [1.807, 2.05) is 0 Å². The molecule has 0 aliphatic carbocycles. The van der Waals surface area contributed by atoms with Crippen LogP contribution in [-0.4, -0.2) is 36.2 Å². The smallest absolute Gasteiger partial charge is 0.135 e. The number of rotatable bonds is 22. The molecule has 0 heterocycles. The topological polar surface area (TPSA) is 18.5 Å². The Hall–Kier alpha value is -1.52. The van der Waals surface area contributed by atoms with Crippen LogP contribution >= 0.6 is 23.5 Å². The van der Waals surface area contributed by atoms with Crippen molar-refractivity contribution in [2.24, 2.45) is 0 Å². The highest BCUT2D eigenvalue weighted by molar-refractivity contribution is 7.99. The molecule has 38 heavy (non-hydrogen) atoms. The molecule has 0 radical (unpaired) electrons. The van der Waals surface area contributed by atoms with Gasteiger partial charge in [0.25, 0.3) is 0 Å². The lowest BCUT2D eigenvalue weighted by atomic mass is 10.0. The first-order valence-electron chi connectivity index (χ1n) is 15.2. The highest BCUT2D eigenvalue weighted by atomic mass is 32.2. The van der Waals surface area contributed by atoms with Crippen molar-refractivity contribution in [1.82, 2.24) is 0 Å². The van der Waals surface area contributed by atoms with Gasteiger partial charge in [0.2, 0.25) is 0 Å². The first kappa shape index (κ1) is 31.0. The largest absolute Gasteiger partial charge is 0.492 e. The van der Waals surface area contributed by atoms with E-state index < -0.39 is 0 Å². The zero-order valence-corrected chi connectivity index (χ0v) is 25.6. The van der Waals surface area contributed by atoms with Crippen LogP contribution in [0.4, 0.5) is 0 Å². The lowest BCUT2D eigenvalue weighted by molar-refractivity contribution is 0.306. The van der Waals surface area contributed by atoms with Gasteiger partial charge in [-0.25, -0.2) is 0 Å². The minimum absolute atomic E-state index is 0.775. The van der Waals surface area contributed by atoms with Crippen LogP contribution in [0.25, 0.3) is 21.5 Å².